The van der Waals surface area contributed by atoms with Gasteiger partial charge in [-0.05, 0) is 66.2 Å². The lowest BCUT2D eigenvalue weighted by Crippen LogP contribution is -2.52. The van der Waals surface area contributed by atoms with Gasteiger partial charge in [0.2, 0.25) is 0 Å². The molecule has 0 saturated carbocycles. The molecule has 2 rings (SSSR count). The van der Waals surface area contributed by atoms with Crippen molar-refractivity contribution in [1.82, 2.24) is 14.8 Å². The van der Waals surface area contributed by atoms with Gasteiger partial charge in [0.05, 0.1) is 25.5 Å². The maximum absolute atomic E-state index is 13.6. The highest BCUT2D eigenvalue weighted by molar-refractivity contribution is 6.06. The molecule has 0 spiro atoms. The molecule has 0 bridgehead atoms. The zero-order valence-electron chi connectivity index (χ0n) is 19.7. The van der Waals surface area contributed by atoms with E-state index < -0.39 is 17.6 Å². The fourth-order valence-corrected chi connectivity index (χ4v) is 3.53. The van der Waals surface area contributed by atoms with Crippen LogP contribution in [-0.4, -0.2) is 45.4 Å². The van der Waals surface area contributed by atoms with Gasteiger partial charge in [-0.25, -0.2) is 9.59 Å². The minimum atomic E-state index is -0.790. The molecule has 8 heteroatoms. The van der Waals surface area contributed by atoms with Gasteiger partial charge in [-0.15, -0.1) is 0 Å². The van der Waals surface area contributed by atoms with Crippen LogP contribution in [0.2, 0.25) is 0 Å². The molecule has 8 nitrogen and oxygen atoms in total. The number of hydrogen-bond donors (Lipinski definition) is 1. The third-order valence-electron chi connectivity index (χ3n) is 5.14. The van der Waals surface area contributed by atoms with Gasteiger partial charge in [0, 0.05) is 23.8 Å². The van der Waals surface area contributed by atoms with E-state index in [2.05, 4.69) is 5.32 Å². The molecule has 0 saturated heterocycles. The van der Waals surface area contributed by atoms with Crippen molar-refractivity contribution in [2.45, 2.75) is 66.6 Å². The number of hydrogen-bond acceptors (Lipinski definition) is 5. The van der Waals surface area contributed by atoms with E-state index in [1.807, 2.05) is 20.8 Å². The number of Topliss-reactive ketones (excluding diaryl/α,β-unsaturated/α-hetero) is 1. The Balaban J connectivity index is 2.44. The Morgan fingerprint density at radius 3 is 2.42 bits per heavy atom. The Bertz CT molecular complexity index is 951. The Morgan fingerprint density at radius 1 is 1.26 bits per heavy atom. The van der Waals surface area contributed by atoms with E-state index >= 15 is 0 Å². The topological polar surface area (TPSA) is 93.8 Å². The van der Waals surface area contributed by atoms with E-state index in [0.29, 0.717) is 28.3 Å². The summed E-state index contributed by atoms with van der Waals surface area (Å²) in [4.78, 5) is 40.5. The molecular formula is C23H33N3O5. The fourth-order valence-electron chi connectivity index (χ4n) is 3.53. The number of nitrogens with zero attached hydrogens (tertiary/aromatic N) is 2. The number of ether oxygens (including phenoxy) is 1. The van der Waals surface area contributed by atoms with Crippen molar-refractivity contribution in [2.75, 3.05) is 6.61 Å². The predicted octanol–water partition coefficient (Wildman–Crippen LogP) is 3.99. The van der Waals surface area contributed by atoms with Crippen molar-refractivity contribution >= 4 is 17.8 Å². The van der Waals surface area contributed by atoms with Crippen LogP contribution in [0.4, 0.5) is 4.79 Å². The minimum Gasteiger partial charge on any atom is -0.467 e. The van der Waals surface area contributed by atoms with Gasteiger partial charge in [-0.1, -0.05) is 0 Å². The first-order valence-electron chi connectivity index (χ1n) is 10.4. The van der Waals surface area contributed by atoms with Gasteiger partial charge in [0.1, 0.15) is 11.5 Å². The zero-order chi connectivity index (χ0) is 23.5. The monoisotopic (exact) mass is 431 g/mol. The molecule has 0 aliphatic carbocycles. The summed E-state index contributed by atoms with van der Waals surface area (Å²) >= 11 is 0. The molecule has 170 valence electrons. The van der Waals surface area contributed by atoms with E-state index in [1.54, 1.807) is 51.4 Å². The van der Waals surface area contributed by atoms with Crippen molar-refractivity contribution in [3.8, 4) is 0 Å². The van der Waals surface area contributed by atoms with Gasteiger partial charge in [-0.2, -0.15) is 0 Å². The number of furan rings is 1. The van der Waals surface area contributed by atoms with E-state index in [1.165, 1.54) is 11.2 Å². The third-order valence-corrected chi connectivity index (χ3v) is 5.14. The van der Waals surface area contributed by atoms with Gasteiger partial charge in [0.15, 0.2) is 5.78 Å². The summed E-state index contributed by atoms with van der Waals surface area (Å²) in [6.07, 6.45) is 1.53. The van der Waals surface area contributed by atoms with Crippen LogP contribution in [-0.2, 0) is 18.3 Å². The number of nitrogens with one attached hydrogen (secondary N) is 1. The van der Waals surface area contributed by atoms with E-state index in [9.17, 15) is 14.4 Å². The summed E-state index contributed by atoms with van der Waals surface area (Å²) in [6.45, 7) is 12.9. The molecule has 2 heterocycles. The molecule has 1 atom stereocenters. The summed E-state index contributed by atoms with van der Waals surface area (Å²) in [7, 11) is 1.73. The summed E-state index contributed by atoms with van der Waals surface area (Å²) in [6, 6.07) is 2.33. The number of urea groups is 1. The van der Waals surface area contributed by atoms with Crippen LogP contribution in [0.1, 0.15) is 72.5 Å². The van der Waals surface area contributed by atoms with Crippen molar-refractivity contribution < 1.29 is 23.5 Å². The molecule has 31 heavy (non-hydrogen) atoms. The number of esters is 1. The fraction of sp³-hybridized carbons (Fsp3) is 0.522. The average Bonchev–Trinajstić information content (AvgIpc) is 3.24. The van der Waals surface area contributed by atoms with Crippen molar-refractivity contribution in [3.63, 3.8) is 0 Å². The first kappa shape index (κ1) is 24.2. The average molecular weight is 432 g/mol. The Kier molecular flexibility index (Phi) is 7.36. The maximum Gasteiger partial charge on any atom is 0.355 e. The van der Waals surface area contributed by atoms with Crippen molar-refractivity contribution in [1.29, 1.82) is 0 Å². The van der Waals surface area contributed by atoms with E-state index in [4.69, 9.17) is 9.15 Å². The Hall–Kier alpha value is -3.03. The molecule has 2 amide bonds. The minimum absolute atomic E-state index is 0.136. The first-order chi connectivity index (χ1) is 14.4. The summed E-state index contributed by atoms with van der Waals surface area (Å²) in [5.41, 5.74) is 1.48. The first-order valence-corrected chi connectivity index (χ1v) is 10.4. The predicted molar refractivity (Wildman–Crippen MR) is 117 cm³/mol. The highest BCUT2D eigenvalue weighted by Gasteiger charge is 2.34. The normalized spacial score (nSPS) is 12.4. The lowest BCUT2D eigenvalue weighted by molar-refractivity contribution is 0.0514. The molecule has 1 unspecified atom stereocenters. The molecule has 0 aromatic carbocycles. The van der Waals surface area contributed by atoms with Crippen LogP contribution in [0.25, 0.3) is 0 Å². The standard InChI is InChI=1S/C23H33N3O5/c1-9-30-21(28)19-14(2)18(15(3)25(19)8)20(27)16(4)26(13-17-11-10-12-31-17)22(29)24-23(5,6)7/h10-12,16H,9,13H2,1-8H3,(H,24,29). The Labute approximate surface area is 183 Å². The lowest BCUT2D eigenvalue weighted by atomic mass is 9.99. The van der Waals surface area contributed by atoms with Crippen LogP contribution in [0.5, 0.6) is 0 Å². The van der Waals surface area contributed by atoms with E-state index in [0.717, 1.165) is 0 Å². The number of aromatic nitrogens is 1. The SMILES string of the molecule is CCOC(=O)c1c(C)c(C(=O)C(C)N(Cc2ccco2)C(=O)NC(C)(C)C)c(C)n1C. The summed E-state index contributed by atoms with van der Waals surface area (Å²) < 4.78 is 12.2. The Morgan fingerprint density at radius 2 is 1.90 bits per heavy atom. The molecule has 0 radical (unpaired) electrons. The zero-order valence-corrected chi connectivity index (χ0v) is 19.7. The second kappa shape index (κ2) is 9.41. The van der Waals surface area contributed by atoms with Crippen LogP contribution < -0.4 is 5.32 Å². The molecule has 2 aromatic rings. The van der Waals surface area contributed by atoms with Crippen LogP contribution in [0.3, 0.4) is 0 Å². The number of carbonyl (C=O) groups excluding carboxylic acids is 3. The molecule has 2 aromatic heterocycles. The molecule has 1 N–H and O–H groups in total. The number of amides is 2. The van der Waals surface area contributed by atoms with Gasteiger partial charge >= 0.3 is 12.0 Å². The molecule has 0 aliphatic rings. The van der Waals surface area contributed by atoms with E-state index in [-0.39, 0.29) is 25.0 Å². The number of carbonyl (C=O) groups is 3. The largest absolute Gasteiger partial charge is 0.467 e. The highest BCUT2D eigenvalue weighted by Crippen LogP contribution is 2.25. The number of rotatable bonds is 7. The smallest absolute Gasteiger partial charge is 0.355 e. The van der Waals surface area contributed by atoms with Crippen LogP contribution in [0, 0.1) is 13.8 Å². The quantitative estimate of drug-likeness (QED) is 0.528. The number of ketones is 1. The van der Waals surface area contributed by atoms with Gasteiger partial charge in [-0.3, -0.25) is 4.79 Å². The van der Waals surface area contributed by atoms with Crippen LogP contribution >= 0.6 is 0 Å². The molecule has 0 aliphatic heterocycles. The second-order valence-electron chi connectivity index (χ2n) is 8.64. The maximum atomic E-state index is 13.6. The summed E-state index contributed by atoms with van der Waals surface area (Å²) in [5.74, 6) is -0.163. The summed E-state index contributed by atoms with van der Waals surface area (Å²) in [5, 5.41) is 2.91. The molecule has 0 fully saturated rings. The lowest BCUT2D eigenvalue weighted by Gasteiger charge is -2.31. The second-order valence-corrected chi connectivity index (χ2v) is 8.64. The van der Waals surface area contributed by atoms with Crippen LogP contribution in [0.15, 0.2) is 22.8 Å². The van der Waals surface area contributed by atoms with Crippen molar-refractivity contribution in [2.24, 2.45) is 7.05 Å². The molecular weight excluding hydrogens is 398 g/mol. The van der Waals surface area contributed by atoms with Gasteiger partial charge in [0.25, 0.3) is 0 Å². The van der Waals surface area contributed by atoms with Crippen molar-refractivity contribution in [3.05, 3.63) is 46.7 Å². The van der Waals surface area contributed by atoms with Gasteiger partial charge < -0.3 is 23.9 Å². The third kappa shape index (κ3) is 5.37. The highest BCUT2D eigenvalue weighted by atomic mass is 16.5.